The van der Waals surface area contributed by atoms with Crippen LogP contribution in [0, 0.1) is 31.6 Å². The number of hydrogen-bond donors (Lipinski definition) is 0. The van der Waals surface area contributed by atoms with Crippen molar-refractivity contribution < 1.29 is 13.2 Å². The van der Waals surface area contributed by atoms with Crippen molar-refractivity contribution in [1.82, 2.24) is 4.31 Å². The molecule has 3 aliphatic rings. The van der Waals surface area contributed by atoms with E-state index >= 15 is 0 Å². The highest BCUT2D eigenvalue weighted by atomic mass is 32.2. The first-order valence-electron chi connectivity index (χ1n) is 8.11. The van der Waals surface area contributed by atoms with Crippen LogP contribution in [0.5, 0.6) is 5.75 Å². The monoisotopic (exact) mass is 321 g/mol. The van der Waals surface area contributed by atoms with Gasteiger partial charge in [0.1, 0.15) is 5.75 Å². The third-order valence-electron chi connectivity index (χ3n) is 6.26. The van der Waals surface area contributed by atoms with Crippen molar-refractivity contribution in [2.24, 2.45) is 17.8 Å². The lowest BCUT2D eigenvalue weighted by Gasteiger charge is -2.49. The number of hydrogen-bond acceptors (Lipinski definition) is 3. The van der Waals surface area contributed by atoms with Gasteiger partial charge in [0.15, 0.2) is 0 Å². The Morgan fingerprint density at radius 3 is 2.55 bits per heavy atom. The maximum absolute atomic E-state index is 13.1. The quantitative estimate of drug-likeness (QED) is 0.860. The molecule has 3 fully saturated rings. The zero-order valence-corrected chi connectivity index (χ0v) is 14.2. The van der Waals surface area contributed by atoms with E-state index in [4.69, 9.17) is 4.74 Å². The average Bonchev–Trinajstić information content (AvgIpc) is 2.97. The van der Waals surface area contributed by atoms with Crippen LogP contribution in [0.2, 0.25) is 0 Å². The second-order valence-corrected chi connectivity index (χ2v) is 8.94. The summed E-state index contributed by atoms with van der Waals surface area (Å²) in [5.41, 5.74) is 1.72. The molecule has 5 heteroatoms. The molecule has 0 radical (unpaired) electrons. The minimum atomic E-state index is -3.38. The van der Waals surface area contributed by atoms with Crippen LogP contribution in [-0.4, -0.2) is 32.4 Å². The van der Waals surface area contributed by atoms with Gasteiger partial charge in [-0.3, -0.25) is 0 Å². The van der Waals surface area contributed by atoms with Gasteiger partial charge in [0.25, 0.3) is 0 Å². The van der Waals surface area contributed by atoms with Crippen molar-refractivity contribution in [3.8, 4) is 5.75 Å². The van der Waals surface area contributed by atoms with Crippen LogP contribution in [0.15, 0.2) is 17.0 Å². The number of sulfonamides is 1. The first-order chi connectivity index (χ1) is 10.4. The molecule has 2 bridgehead atoms. The van der Waals surface area contributed by atoms with Gasteiger partial charge in [0.05, 0.1) is 12.0 Å². The molecule has 4 unspecified atom stereocenters. The first-order valence-corrected chi connectivity index (χ1v) is 9.55. The molecule has 4 rings (SSSR count). The van der Waals surface area contributed by atoms with E-state index in [1.165, 1.54) is 19.3 Å². The van der Waals surface area contributed by atoms with Crippen molar-refractivity contribution in [1.29, 1.82) is 0 Å². The van der Waals surface area contributed by atoms with E-state index in [1.54, 1.807) is 23.5 Å². The minimum absolute atomic E-state index is 0.269. The van der Waals surface area contributed by atoms with Crippen LogP contribution < -0.4 is 4.74 Å². The normalized spacial score (nSPS) is 33.6. The highest BCUT2D eigenvalue weighted by Gasteiger charge is 2.59. The Hall–Kier alpha value is -1.07. The number of methoxy groups -OCH3 is 1. The molecule has 0 N–H and O–H groups in total. The van der Waals surface area contributed by atoms with Crippen LogP contribution in [0.1, 0.15) is 30.4 Å². The van der Waals surface area contributed by atoms with Gasteiger partial charge in [0.2, 0.25) is 10.0 Å². The molecular weight excluding hydrogens is 298 g/mol. The number of ether oxygens (including phenoxy) is 1. The Balaban J connectivity index is 1.69. The van der Waals surface area contributed by atoms with E-state index in [1.807, 2.05) is 13.8 Å². The van der Waals surface area contributed by atoms with Gasteiger partial charge >= 0.3 is 0 Å². The highest BCUT2D eigenvalue weighted by molar-refractivity contribution is 7.89. The second kappa shape index (κ2) is 4.71. The largest absolute Gasteiger partial charge is 0.496 e. The van der Waals surface area contributed by atoms with Gasteiger partial charge in [-0.25, -0.2) is 8.42 Å². The topological polar surface area (TPSA) is 46.6 Å². The van der Waals surface area contributed by atoms with Crippen LogP contribution >= 0.6 is 0 Å². The summed E-state index contributed by atoms with van der Waals surface area (Å²) in [5.74, 6) is 2.74. The number of nitrogens with zero attached hydrogens (tertiary/aromatic N) is 1. The Bertz CT molecular complexity index is 726. The lowest BCUT2D eigenvalue weighted by atomic mass is 9.79. The smallest absolute Gasteiger partial charge is 0.243 e. The van der Waals surface area contributed by atoms with Crippen molar-refractivity contribution in [2.45, 2.75) is 44.0 Å². The molecule has 2 saturated carbocycles. The maximum Gasteiger partial charge on any atom is 0.243 e. The van der Waals surface area contributed by atoms with E-state index in [2.05, 4.69) is 0 Å². The van der Waals surface area contributed by atoms with Crippen molar-refractivity contribution in [3.05, 3.63) is 23.3 Å². The minimum Gasteiger partial charge on any atom is -0.496 e. The summed E-state index contributed by atoms with van der Waals surface area (Å²) in [4.78, 5) is 0.451. The molecule has 120 valence electrons. The molecule has 0 spiro atoms. The van der Waals surface area contributed by atoms with E-state index in [0.717, 1.165) is 29.3 Å². The third-order valence-corrected chi connectivity index (χ3v) is 8.27. The molecule has 1 saturated heterocycles. The summed E-state index contributed by atoms with van der Waals surface area (Å²) in [5, 5.41) is 0. The predicted octanol–water partition coefficient (Wildman–Crippen LogP) is 2.73. The van der Waals surface area contributed by atoms with Crippen LogP contribution in [0.25, 0.3) is 0 Å². The van der Waals surface area contributed by atoms with Gasteiger partial charge in [-0.2, -0.15) is 4.31 Å². The Labute approximate surface area is 132 Å². The summed E-state index contributed by atoms with van der Waals surface area (Å²) >= 11 is 0. The average molecular weight is 321 g/mol. The number of benzene rings is 1. The molecular formula is C17H23NO3S. The number of rotatable bonds is 3. The van der Waals surface area contributed by atoms with Crippen molar-refractivity contribution >= 4 is 10.0 Å². The lowest BCUT2D eigenvalue weighted by Crippen LogP contribution is -2.60. The number of fused-ring (bicyclic) bond motifs is 5. The van der Waals surface area contributed by atoms with Crippen molar-refractivity contribution in [2.75, 3.05) is 13.7 Å². The first kappa shape index (κ1) is 14.5. The molecule has 0 aromatic heterocycles. The fourth-order valence-corrected chi connectivity index (χ4v) is 6.98. The van der Waals surface area contributed by atoms with Gasteiger partial charge in [-0.1, -0.05) is 0 Å². The van der Waals surface area contributed by atoms with Gasteiger partial charge < -0.3 is 4.74 Å². The molecule has 2 aliphatic carbocycles. The van der Waals surface area contributed by atoms with E-state index in [0.29, 0.717) is 16.7 Å². The molecule has 1 heterocycles. The van der Waals surface area contributed by atoms with Crippen molar-refractivity contribution in [3.63, 3.8) is 0 Å². The summed E-state index contributed by atoms with van der Waals surface area (Å²) in [7, 11) is -1.76. The predicted molar refractivity (Wildman–Crippen MR) is 84.5 cm³/mol. The lowest BCUT2D eigenvalue weighted by molar-refractivity contribution is 0.0506. The fourth-order valence-electron chi connectivity index (χ4n) is 4.93. The highest BCUT2D eigenvalue weighted by Crippen LogP contribution is 2.56. The maximum atomic E-state index is 13.1. The van der Waals surface area contributed by atoms with Crippen LogP contribution in [0.3, 0.4) is 0 Å². The zero-order chi connectivity index (χ0) is 15.6. The van der Waals surface area contributed by atoms with E-state index < -0.39 is 10.0 Å². The Kier molecular flexibility index (Phi) is 3.11. The van der Waals surface area contributed by atoms with Crippen LogP contribution in [0.4, 0.5) is 0 Å². The molecule has 1 aromatic rings. The summed E-state index contributed by atoms with van der Waals surface area (Å²) in [6.07, 6.45) is 3.75. The van der Waals surface area contributed by atoms with E-state index in [-0.39, 0.29) is 6.04 Å². The van der Waals surface area contributed by atoms with Gasteiger partial charge in [-0.15, -0.1) is 0 Å². The summed E-state index contributed by atoms with van der Waals surface area (Å²) in [6.45, 7) is 4.52. The fraction of sp³-hybridized carbons (Fsp3) is 0.647. The van der Waals surface area contributed by atoms with Gasteiger partial charge in [0, 0.05) is 12.6 Å². The second-order valence-electron chi connectivity index (χ2n) is 7.08. The molecule has 4 nitrogen and oxygen atoms in total. The molecule has 1 aliphatic heterocycles. The molecule has 0 amide bonds. The summed E-state index contributed by atoms with van der Waals surface area (Å²) < 4.78 is 33.3. The molecule has 22 heavy (non-hydrogen) atoms. The Morgan fingerprint density at radius 1 is 1.14 bits per heavy atom. The SMILES string of the molecule is COc1ccc(S(=O)(=O)N2CC3C4CCC(C4)C32)c(C)c1C. The van der Waals surface area contributed by atoms with Gasteiger partial charge in [-0.05, 0) is 74.1 Å². The van der Waals surface area contributed by atoms with Crippen LogP contribution in [-0.2, 0) is 10.0 Å². The standard InChI is InChI=1S/C17H23NO3S/c1-10-11(2)16(7-6-15(10)21-3)22(19,20)18-9-14-12-4-5-13(8-12)17(14)18/h6-7,12-14,17H,4-5,8-9H2,1-3H3. The van der Waals surface area contributed by atoms with E-state index in [9.17, 15) is 8.42 Å². The molecule has 1 aromatic carbocycles. The molecule has 4 atom stereocenters. The Morgan fingerprint density at radius 2 is 1.86 bits per heavy atom. The zero-order valence-electron chi connectivity index (χ0n) is 13.4. The summed E-state index contributed by atoms with van der Waals surface area (Å²) in [6, 6.07) is 3.75. The third kappa shape index (κ3) is 1.75.